The summed E-state index contributed by atoms with van der Waals surface area (Å²) < 4.78 is 59.4. The van der Waals surface area contributed by atoms with E-state index in [0.29, 0.717) is 17.0 Å². The average molecular weight is 389 g/mol. The molecular formula is C20H17F2NO3S. The molecule has 0 aliphatic rings. The van der Waals surface area contributed by atoms with Crippen molar-refractivity contribution in [2.24, 2.45) is 0 Å². The maximum Gasteiger partial charge on any atom is 0.264 e. The fraction of sp³-hybridized carbons (Fsp3) is 0.100. The molecule has 3 aromatic carbocycles. The molecule has 0 saturated carbocycles. The van der Waals surface area contributed by atoms with Gasteiger partial charge in [-0.15, -0.1) is 0 Å². The molecule has 0 saturated heterocycles. The molecule has 0 fully saturated rings. The Morgan fingerprint density at radius 1 is 0.852 bits per heavy atom. The number of ether oxygens (including phenoxy) is 1. The van der Waals surface area contributed by atoms with E-state index in [9.17, 15) is 17.2 Å². The van der Waals surface area contributed by atoms with Crippen LogP contribution in [-0.4, -0.2) is 15.5 Å². The van der Waals surface area contributed by atoms with Gasteiger partial charge in [0.1, 0.15) is 17.4 Å². The van der Waals surface area contributed by atoms with Crippen molar-refractivity contribution >= 4 is 15.7 Å². The molecule has 7 heteroatoms. The van der Waals surface area contributed by atoms with Gasteiger partial charge in [-0.3, -0.25) is 4.31 Å². The van der Waals surface area contributed by atoms with Crippen LogP contribution in [-0.2, 0) is 16.6 Å². The van der Waals surface area contributed by atoms with E-state index in [1.165, 1.54) is 43.5 Å². The molecule has 3 aromatic rings. The first-order chi connectivity index (χ1) is 12.9. The molecule has 0 spiro atoms. The van der Waals surface area contributed by atoms with Crippen LogP contribution in [0, 0.1) is 11.6 Å². The van der Waals surface area contributed by atoms with Gasteiger partial charge in [-0.05, 0) is 54.1 Å². The van der Waals surface area contributed by atoms with Crippen molar-refractivity contribution in [3.05, 3.63) is 90.0 Å². The van der Waals surface area contributed by atoms with Gasteiger partial charge in [-0.25, -0.2) is 17.2 Å². The first-order valence-corrected chi connectivity index (χ1v) is 9.51. The summed E-state index contributed by atoms with van der Waals surface area (Å²) in [4.78, 5) is -0.0584. The van der Waals surface area contributed by atoms with Crippen molar-refractivity contribution in [3.63, 3.8) is 0 Å². The van der Waals surface area contributed by atoms with Crippen molar-refractivity contribution in [2.45, 2.75) is 11.4 Å². The van der Waals surface area contributed by atoms with Gasteiger partial charge in [0.2, 0.25) is 0 Å². The quantitative estimate of drug-likeness (QED) is 0.629. The Labute approximate surface area is 156 Å². The van der Waals surface area contributed by atoms with Crippen molar-refractivity contribution in [1.82, 2.24) is 0 Å². The normalized spacial score (nSPS) is 11.2. The number of rotatable bonds is 6. The minimum atomic E-state index is -4.02. The molecule has 0 bridgehead atoms. The number of nitrogens with zero attached hydrogens (tertiary/aromatic N) is 1. The van der Waals surface area contributed by atoms with Crippen LogP contribution in [0.25, 0.3) is 0 Å². The Morgan fingerprint density at radius 2 is 1.41 bits per heavy atom. The molecule has 0 radical (unpaired) electrons. The molecule has 0 amide bonds. The van der Waals surface area contributed by atoms with E-state index in [4.69, 9.17) is 4.74 Å². The van der Waals surface area contributed by atoms with E-state index < -0.39 is 21.7 Å². The molecule has 140 valence electrons. The van der Waals surface area contributed by atoms with Crippen LogP contribution >= 0.6 is 0 Å². The molecular weight excluding hydrogens is 372 g/mol. The van der Waals surface area contributed by atoms with E-state index in [1.54, 1.807) is 24.3 Å². The number of benzene rings is 3. The van der Waals surface area contributed by atoms with Gasteiger partial charge in [0.05, 0.1) is 24.2 Å². The molecule has 0 aliphatic carbocycles. The number of halogens is 2. The largest absolute Gasteiger partial charge is 0.495 e. The zero-order valence-corrected chi connectivity index (χ0v) is 15.3. The van der Waals surface area contributed by atoms with E-state index in [0.717, 1.165) is 16.4 Å². The Bertz CT molecular complexity index is 1020. The SMILES string of the molecule is COc1ccccc1N(Cc1ccc(F)cc1)S(=O)(=O)c1ccc(F)cc1. The Hall–Kier alpha value is -2.93. The summed E-state index contributed by atoms with van der Waals surface area (Å²) in [5.74, 6) is -0.578. The lowest BCUT2D eigenvalue weighted by Crippen LogP contribution is -2.31. The number of sulfonamides is 1. The van der Waals surface area contributed by atoms with E-state index in [-0.39, 0.29) is 11.4 Å². The fourth-order valence-corrected chi connectivity index (χ4v) is 4.09. The summed E-state index contributed by atoms with van der Waals surface area (Å²) in [6, 6.07) is 16.8. The first-order valence-electron chi connectivity index (χ1n) is 8.07. The molecule has 0 atom stereocenters. The van der Waals surface area contributed by atoms with E-state index in [1.807, 2.05) is 0 Å². The van der Waals surface area contributed by atoms with Crippen molar-refractivity contribution in [3.8, 4) is 5.75 Å². The highest BCUT2D eigenvalue weighted by molar-refractivity contribution is 7.92. The topological polar surface area (TPSA) is 46.6 Å². The molecule has 0 N–H and O–H groups in total. The molecule has 0 unspecified atom stereocenters. The Morgan fingerprint density at radius 3 is 2.00 bits per heavy atom. The van der Waals surface area contributed by atoms with E-state index >= 15 is 0 Å². The molecule has 4 nitrogen and oxygen atoms in total. The Balaban J connectivity index is 2.11. The zero-order valence-electron chi connectivity index (χ0n) is 14.5. The van der Waals surface area contributed by atoms with Gasteiger partial charge in [-0.1, -0.05) is 24.3 Å². The zero-order chi connectivity index (χ0) is 19.4. The van der Waals surface area contributed by atoms with Crippen LogP contribution in [0.4, 0.5) is 14.5 Å². The van der Waals surface area contributed by atoms with Gasteiger partial charge in [-0.2, -0.15) is 0 Å². The van der Waals surface area contributed by atoms with Crippen LogP contribution in [0.2, 0.25) is 0 Å². The number of anilines is 1. The van der Waals surface area contributed by atoms with Crippen LogP contribution in [0.15, 0.2) is 77.7 Å². The monoisotopic (exact) mass is 389 g/mol. The average Bonchev–Trinajstić information content (AvgIpc) is 2.67. The highest BCUT2D eigenvalue weighted by Gasteiger charge is 2.27. The van der Waals surface area contributed by atoms with Gasteiger partial charge >= 0.3 is 0 Å². The van der Waals surface area contributed by atoms with Gasteiger partial charge in [0, 0.05) is 0 Å². The summed E-state index contributed by atoms with van der Waals surface area (Å²) in [6.45, 7) is -0.0413. The second-order valence-corrected chi connectivity index (χ2v) is 7.63. The summed E-state index contributed by atoms with van der Waals surface area (Å²) in [5, 5.41) is 0. The van der Waals surface area contributed by atoms with Crippen molar-refractivity contribution in [2.75, 3.05) is 11.4 Å². The summed E-state index contributed by atoms with van der Waals surface area (Å²) in [6.07, 6.45) is 0. The lowest BCUT2D eigenvalue weighted by molar-refractivity contribution is 0.415. The molecule has 3 rings (SSSR count). The third-order valence-corrected chi connectivity index (χ3v) is 5.77. The molecule has 27 heavy (non-hydrogen) atoms. The Kier molecular flexibility index (Phi) is 5.41. The van der Waals surface area contributed by atoms with Gasteiger partial charge in [0.25, 0.3) is 10.0 Å². The van der Waals surface area contributed by atoms with E-state index in [2.05, 4.69) is 0 Å². The van der Waals surface area contributed by atoms with Crippen LogP contribution in [0.5, 0.6) is 5.75 Å². The fourth-order valence-electron chi connectivity index (χ4n) is 2.62. The van der Waals surface area contributed by atoms with Crippen LogP contribution in [0.3, 0.4) is 0 Å². The number of para-hydroxylation sites is 2. The maximum absolute atomic E-state index is 13.3. The number of hydrogen-bond donors (Lipinski definition) is 0. The van der Waals surface area contributed by atoms with Crippen LogP contribution < -0.4 is 9.04 Å². The van der Waals surface area contributed by atoms with Gasteiger partial charge in [0.15, 0.2) is 0 Å². The third-order valence-electron chi connectivity index (χ3n) is 3.99. The predicted molar refractivity (Wildman–Crippen MR) is 99.2 cm³/mol. The first kappa shape index (κ1) is 18.8. The van der Waals surface area contributed by atoms with Crippen molar-refractivity contribution in [1.29, 1.82) is 0 Å². The maximum atomic E-state index is 13.3. The third kappa shape index (κ3) is 4.09. The molecule has 0 aromatic heterocycles. The summed E-state index contributed by atoms with van der Waals surface area (Å²) >= 11 is 0. The van der Waals surface area contributed by atoms with Gasteiger partial charge < -0.3 is 4.74 Å². The summed E-state index contributed by atoms with van der Waals surface area (Å²) in [5.41, 5.74) is 0.918. The lowest BCUT2D eigenvalue weighted by atomic mass is 10.2. The molecule has 0 aliphatic heterocycles. The van der Waals surface area contributed by atoms with Crippen molar-refractivity contribution < 1.29 is 21.9 Å². The minimum absolute atomic E-state index is 0.0413. The molecule has 0 heterocycles. The smallest absolute Gasteiger partial charge is 0.264 e. The second-order valence-electron chi connectivity index (χ2n) is 5.76. The predicted octanol–water partition coefficient (Wildman–Crippen LogP) is 4.37. The highest BCUT2D eigenvalue weighted by Crippen LogP contribution is 2.33. The number of methoxy groups -OCH3 is 1. The second kappa shape index (κ2) is 7.75. The lowest BCUT2D eigenvalue weighted by Gasteiger charge is -2.26. The highest BCUT2D eigenvalue weighted by atomic mass is 32.2. The van der Waals surface area contributed by atoms with Crippen LogP contribution in [0.1, 0.15) is 5.56 Å². The summed E-state index contributed by atoms with van der Waals surface area (Å²) in [7, 11) is -2.58. The minimum Gasteiger partial charge on any atom is -0.495 e. The number of hydrogen-bond acceptors (Lipinski definition) is 3. The standard InChI is InChI=1S/C20H17F2NO3S/c1-26-20-5-3-2-4-19(20)23(14-15-6-8-16(21)9-7-15)27(24,25)18-12-10-17(22)11-13-18/h2-13H,14H2,1H3.